The first-order valence-corrected chi connectivity index (χ1v) is 9.87. The standard InChI is InChI=1S/C23H18FN5O3/c1-27-12-17(14-7-4-3-5-8-14)19-20(27)22(30)28(2)23(31)29(19)13-18-25-21(26-32-18)15-9-6-10-16(24)11-15/h3-12H,13H2,1-2H3. The van der Waals surface area contributed by atoms with E-state index in [1.165, 1.54) is 23.7 Å². The second-order valence-electron chi connectivity index (χ2n) is 7.47. The van der Waals surface area contributed by atoms with E-state index < -0.39 is 17.1 Å². The fourth-order valence-corrected chi connectivity index (χ4v) is 3.84. The molecular formula is C23H18FN5O3. The summed E-state index contributed by atoms with van der Waals surface area (Å²) in [5.41, 5.74) is 2.04. The lowest BCUT2D eigenvalue weighted by Crippen LogP contribution is -2.38. The fourth-order valence-electron chi connectivity index (χ4n) is 3.84. The lowest BCUT2D eigenvalue weighted by atomic mass is 10.1. The van der Waals surface area contributed by atoms with Crippen LogP contribution < -0.4 is 11.2 Å². The van der Waals surface area contributed by atoms with E-state index in [1.54, 1.807) is 23.7 Å². The lowest BCUT2D eigenvalue weighted by Gasteiger charge is -2.10. The van der Waals surface area contributed by atoms with Crippen LogP contribution in [-0.4, -0.2) is 23.8 Å². The fraction of sp³-hybridized carbons (Fsp3) is 0.130. The van der Waals surface area contributed by atoms with E-state index in [0.717, 1.165) is 15.7 Å². The highest BCUT2D eigenvalue weighted by atomic mass is 19.1. The zero-order chi connectivity index (χ0) is 22.4. The molecule has 5 aromatic rings. The smallest absolute Gasteiger partial charge is 0.331 e. The van der Waals surface area contributed by atoms with Crippen LogP contribution in [0.15, 0.2) is 74.9 Å². The van der Waals surface area contributed by atoms with Crippen molar-refractivity contribution in [1.29, 1.82) is 0 Å². The van der Waals surface area contributed by atoms with Gasteiger partial charge in [-0.3, -0.25) is 13.9 Å². The Kier molecular flexibility index (Phi) is 4.58. The quantitative estimate of drug-likeness (QED) is 0.437. The van der Waals surface area contributed by atoms with Crippen LogP contribution in [0.1, 0.15) is 5.89 Å². The van der Waals surface area contributed by atoms with Gasteiger partial charge in [0.15, 0.2) is 0 Å². The summed E-state index contributed by atoms with van der Waals surface area (Å²) in [6.07, 6.45) is 1.82. The summed E-state index contributed by atoms with van der Waals surface area (Å²) in [5.74, 6) is -0.0410. The molecule has 0 saturated carbocycles. The van der Waals surface area contributed by atoms with Crippen molar-refractivity contribution in [3.8, 4) is 22.5 Å². The van der Waals surface area contributed by atoms with Gasteiger partial charge in [0.25, 0.3) is 5.56 Å². The van der Waals surface area contributed by atoms with E-state index in [-0.39, 0.29) is 18.3 Å². The Hall–Kier alpha value is -4.27. The maximum absolute atomic E-state index is 13.6. The highest BCUT2D eigenvalue weighted by Crippen LogP contribution is 2.28. The average Bonchev–Trinajstić information content (AvgIpc) is 3.40. The third-order valence-corrected chi connectivity index (χ3v) is 5.38. The van der Waals surface area contributed by atoms with Crippen LogP contribution in [0.25, 0.3) is 33.5 Å². The first kappa shape index (κ1) is 19.7. The van der Waals surface area contributed by atoms with Crippen LogP contribution in [0.2, 0.25) is 0 Å². The van der Waals surface area contributed by atoms with E-state index in [2.05, 4.69) is 10.1 Å². The minimum Gasteiger partial charge on any atom is -0.344 e. The zero-order valence-electron chi connectivity index (χ0n) is 17.3. The molecular weight excluding hydrogens is 413 g/mol. The molecule has 5 rings (SSSR count). The molecule has 0 N–H and O–H groups in total. The van der Waals surface area contributed by atoms with Gasteiger partial charge in [0.2, 0.25) is 11.7 Å². The maximum Gasteiger partial charge on any atom is 0.331 e. The van der Waals surface area contributed by atoms with E-state index in [0.29, 0.717) is 16.6 Å². The van der Waals surface area contributed by atoms with Crippen LogP contribution in [0, 0.1) is 5.82 Å². The zero-order valence-corrected chi connectivity index (χ0v) is 17.3. The Morgan fingerprint density at radius 1 is 0.969 bits per heavy atom. The number of nitrogens with zero attached hydrogens (tertiary/aromatic N) is 5. The number of halogens is 1. The molecule has 32 heavy (non-hydrogen) atoms. The van der Waals surface area contributed by atoms with E-state index >= 15 is 0 Å². The molecule has 2 aromatic carbocycles. The molecule has 0 aliphatic heterocycles. The van der Waals surface area contributed by atoms with E-state index in [9.17, 15) is 14.0 Å². The van der Waals surface area contributed by atoms with Gasteiger partial charge in [0, 0.05) is 31.4 Å². The Labute approximate surface area is 180 Å². The molecule has 0 radical (unpaired) electrons. The van der Waals surface area contributed by atoms with Gasteiger partial charge in [0.1, 0.15) is 17.9 Å². The van der Waals surface area contributed by atoms with Crippen LogP contribution in [0.5, 0.6) is 0 Å². The summed E-state index contributed by atoms with van der Waals surface area (Å²) in [4.78, 5) is 30.3. The summed E-state index contributed by atoms with van der Waals surface area (Å²) in [6, 6.07) is 15.3. The largest absolute Gasteiger partial charge is 0.344 e. The number of benzene rings is 2. The molecule has 0 unspecified atom stereocenters. The second-order valence-corrected chi connectivity index (χ2v) is 7.47. The normalized spacial score (nSPS) is 11.3. The molecule has 8 nitrogen and oxygen atoms in total. The van der Waals surface area contributed by atoms with Gasteiger partial charge in [-0.15, -0.1) is 0 Å². The summed E-state index contributed by atoms with van der Waals surface area (Å²) < 4.78 is 23.1. The summed E-state index contributed by atoms with van der Waals surface area (Å²) >= 11 is 0. The molecule has 0 atom stereocenters. The van der Waals surface area contributed by atoms with Crippen molar-refractivity contribution in [2.45, 2.75) is 6.54 Å². The minimum atomic E-state index is -0.503. The average molecular weight is 431 g/mol. The Bertz CT molecular complexity index is 1580. The van der Waals surface area contributed by atoms with Crippen LogP contribution in [0.3, 0.4) is 0 Å². The van der Waals surface area contributed by atoms with Gasteiger partial charge in [0.05, 0.1) is 5.52 Å². The van der Waals surface area contributed by atoms with Gasteiger partial charge < -0.3 is 9.09 Å². The van der Waals surface area contributed by atoms with E-state index in [4.69, 9.17) is 4.52 Å². The van der Waals surface area contributed by atoms with Crippen molar-refractivity contribution in [2.75, 3.05) is 0 Å². The van der Waals surface area contributed by atoms with Gasteiger partial charge in [-0.2, -0.15) is 4.98 Å². The van der Waals surface area contributed by atoms with Crippen LogP contribution in [-0.2, 0) is 20.6 Å². The van der Waals surface area contributed by atoms with Gasteiger partial charge in [-0.25, -0.2) is 9.18 Å². The number of aromatic nitrogens is 5. The predicted octanol–water partition coefficient (Wildman–Crippen LogP) is 2.94. The summed E-state index contributed by atoms with van der Waals surface area (Å²) in [6.45, 7) is -0.0460. The molecule has 0 spiro atoms. The molecule has 0 amide bonds. The molecule has 0 fully saturated rings. The number of rotatable bonds is 4. The molecule has 0 saturated heterocycles. The molecule has 160 valence electrons. The molecule has 3 heterocycles. The number of hydrogen-bond donors (Lipinski definition) is 0. The minimum absolute atomic E-state index is 0.0460. The van der Waals surface area contributed by atoms with Gasteiger partial charge in [-0.1, -0.05) is 47.6 Å². The maximum atomic E-state index is 13.6. The van der Waals surface area contributed by atoms with Crippen molar-refractivity contribution in [3.05, 3.63) is 93.3 Å². The van der Waals surface area contributed by atoms with Crippen LogP contribution >= 0.6 is 0 Å². The molecule has 0 aliphatic rings. The number of fused-ring (bicyclic) bond motifs is 1. The first-order valence-electron chi connectivity index (χ1n) is 9.87. The molecule has 9 heteroatoms. The first-order chi connectivity index (χ1) is 15.4. The van der Waals surface area contributed by atoms with Crippen molar-refractivity contribution < 1.29 is 8.91 Å². The van der Waals surface area contributed by atoms with Gasteiger partial charge in [-0.05, 0) is 17.7 Å². The number of aryl methyl sites for hydroxylation is 1. The van der Waals surface area contributed by atoms with Crippen LogP contribution in [0.4, 0.5) is 4.39 Å². The third-order valence-electron chi connectivity index (χ3n) is 5.38. The third kappa shape index (κ3) is 3.15. The Morgan fingerprint density at radius 3 is 2.47 bits per heavy atom. The van der Waals surface area contributed by atoms with Gasteiger partial charge >= 0.3 is 5.69 Å². The Morgan fingerprint density at radius 2 is 1.72 bits per heavy atom. The topological polar surface area (TPSA) is 87.8 Å². The molecule has 3 aromatic heterocycles. The summed E-state index contributed by atoms with van der Waals surface area (Å²) in [5, 5.41) is 3.92. The second kappa shape index (κ2) is 7.45. The van der Waals surface area contributed by atoms with Crippen molar-refractivity contribution in [1.82, 2.24) is 23.8 Å². The van der Waals surface area contributed by atoms with E-state index in [1.807, 2.05) is 36.5 Å². The number of hydrogen-bond acceptors (Lipinski definition) is 5. The SMILES string of the molecule is Cn1c(=O)c2c(c(-c3ccccc3)cn2C)n(Cc2nc(-c3cccc(F)c3)no2)c1=O. The summed E-state index contributed by atoms with van der Waals surface area (Å²) in [7, 11) is 3.20. The van der Waals surface area contributed by atoms with Crippen molar-refractivity contribution in [3.63, 3.8) is 0 Å². The molecule has 0 bridgehead atoms. The van der Waals surface area contributed by atoms with Crippen molar-refractivity contribution in [2.24, 2.45) is 14.1 Å². The predicted molar refractivity (Wildman–Crippen MR) is 117 cm³/mol. The monoisotopic (exact) mass is 431 g/mol. The molecule has 0 aliphatic carbocycles. The highest BCUT2D eigenvalue weighted by molar-refractivity contribution is 5.93. The Balaban J connectivity index is 1.69. The lowest BCUT2D eigenvalue weighted by molar-refractivity contribution is 0.370. The van der Waals surface area contributed by atoms with Crippen molar-refractivity contribution >= 4 is 11.0 Å². The highest BCUT2D eigenvalue weighted by Gasteiger charge is 2.21.